The molecule has 1 unspecified atom stereocenters. The number of aromatic nitrogens is 1. The van der Waals surface area contributed by atoms with Crippen LogP contribution in [0.25, 0.3) is 10.9 Å². The van der Waals surface area contributed by atoms with Crippen molar-refractivity contribution in [3.8, 4) is 5.75 Å². The van der Waals surface area contributed by atoms with Crippen LogP contribution in [-0.4, -0.2) is 17.2 Å². The van der Waals surface area contributed by atoms with Gasteiger partial charge in [-0.25, -0.2) is 0 Å². The van der Waals surface area contributed by atoms with E-state index in [1.807, 2.05) is 48.5 Å². The molecule has 1 aromatic heterocycles. The molecule has 0 aliphatic rings. The average molecular weight is 344 g/mol. The van der Waals surface area contributed by atoms with E-state index in [2.05, 4.69) is 20.9 Å². The summed E-state index contributed by atoms with van der Waals surface area (Å²) in [5.41, 5.74) is 2.47. The first-order chi connectivity index (χ1) is 10.2. The number of halogens is 1. The number of fused-ring (bicyclic) bond motifs is 1. The molecule has 0 aliphatic carbocycles. The highest BCUT2D eigenvalue weighted by Gasteiger charge is 2.17. The molecule has 3 rings (SSSR count). The normalized spacial score (nSPS) is 12.3. The van der Waals surface area contributed by atoms with Crippen molar-refractivity contribution >= 4 is 26.8 Å². The summed E-state index contributed by atoms with van der Waals surface area (Å²) in [6.07, 6.45) is 1.00. The van der Waals surface area contributed by atoms with Crippen LogP contribution < -0.4 is 4.74 Å². The highest BCUT2D eigenvalue weighted by molar-refractivity contribution is 9.10. The fraction of sp³-hybridized carbons (Fsp3) is 0.118. The summed E-state index contributed by atoms with van der Waals surface area (Å²) >= 11 is 3.49. The van der Waals surface area contributed by atoms with Gasteiger partial charge in [-0.1, -0.05) is 34.1 Å². The Hall–Kier alpha value is -1.91. The van der Waals surface area contributed by atoms with E-state index in [9.17, 15) is 5.11 Å². The first-order valence-electron chi connectivity index (χ1n) is 6.56. The minimum Gasteiger partial charge on any atom is -0.497 e. The Kier molecular flexibility index (Phi) is 3.90. The molecule has 2 aromatic carbocycles. The Balaban J connectivity index is 2.14. The van der Waals surface area contributed by atoms with Gasteiger partial charge in [0.25, 0.3) is 0 Å². The van der Waals surface area contributed by atoms with E-state index >= 15 is 0 Å². The molecule has 0 aliphatic heterocycles. The van der Waals surface area contributed by atoms with Crippen LogP contribution in [0.15, 0.2) is 59.2 Å². The van der Waals surface area contributed by atoms with Crippen LogP contribution in [0.4, 0.5) is 0 Å². The summed E-state index contributed by atoms with van der Waals surface area (Å²) in [6, 6.07) is 15.2. The maximum atomic E-state index is 10.8. The number of ether oxygens (including phenoxy) is 1. The molecule has 0 saturated heterocycles. The van der Waals surface area contributed by atoms with E-state index < -0.39 is 6.10 Å². The quantitative estimate of drug-likeness (QED) is 0.778. The average Bonchev–Trinajstić information content (AvgIpc) is 2.54. The summed E-state index contributed by atoms with van der Waals surface area (Å²) in [6.45, 7) is 0. The third kappa shape index (κ3) is 2.64. The largest absolute Gasteiger partial charge is 0.497 e. The van der Waals surface area contributed by atoms with Gasteiger partial charge in [0.15, 0.2) is 0 Å². The van der Waals surface area contributed by atoms with Gasteiger partial charge in [0.2, 0.25) is 0 Å². The van der Waals surface area contributed by atoms with Crippen LogP contribution in [0.2, 0.25) is 0 Å². The van der Waals surface area contributed by atoms with Gasteiger partial charge < -0.3 is 9.84 Å². The van der Waals surface area contributed by atoms with Crippen molar-refractivity contribution in [1.29, 1.82) is 0 Å². The second kappa shape index (κ2) is 5.84. The molecule has 1 N–H and O–H groups in total. The summed E-state index contributed by atoms with van der Waals surface area (Å²) in [5.74, 6) is 0.714. The third-order valence-corrected chi connectivity index (χ3v) is 4.19. The number of benzene rings is 2. The molecule has 1 heterocycles. The van der Waals surface area contributed by atoms with E-state index in [4.69, 9.17) is 4.74 Å². The van der Waals surface area contributed by atoms with Crippen molar-refractivity contribution in [2.75, 3.05) is 7.11 Å². The molecule has 0 fully saturated rings. The molecule has 0 bridgehead atoms. The van der Waals surface area contributed by atoms with Gasteiger partial charge in [0.1, 0.15) is 11.9 Å². The number of hydrogen-bond acceptors (Lipinski definition) is 3. The molecule has 4 heteroatoms. The first-order valence-corrected chi connectivity index (χ1v) is 7.35. The number of aliphatic hydroxyl groups is 1. The van der Waals surface area contributed by atoms with Crippen molar-refractivity contribution in [3.05, 3.63) is 70.3 Å². The summed E-state index contributed by atoms with van der Waals surface area (Å²) < 4.78 is 6.08. The molecule has 3 nitrogen and oxygen atoms in total. The topological polar surface area (TPSA) is 42.4 Å². The van der Waals surface area contributed by atoms with Gasteiger partial charge >= 0.3 is 0 Å². The van der Waals surface area contributed by atoms with Crippen LogP contribution in [0.3, 0.4) is 0 Å². The van der Waals surface area contributed by atoms with Crippen LogP contribution in [0.5, 0.6) is 5.75 Å². The van der Waals surface area contributed by atoms with Crippen LogP contribution >= 0.6 is 15.9 Å². The molecule has 0 spiro atoms. The van der Waals surface area contributed by atoms with E-state index in [1.165, 1.54) is 0 Å². The Morgan fingerprint density at radius 3 is 2.76 bits per heavy atom. The molecule has 21 heavy (non-hydrogen) atoms. The molecule has 1 atom stereocenters. The molecule has 3 aromatic rings. The van der Waals surface area contributed by atoms with Crippen LogP contribution in [-0.2, 0) is 0 Å². The van der Waals surface area contributed by atoms with E-state index in [0.29, 0.717) is 5.75 Å². The number of rotatable bonds is 3. The van der Waals surface area contributed by atoms with Crippen molar-refractivity contribution in [3.63, 3.8) is 0 Å². The molecular formula is C17H14BrNO2. The minimum atomic E-state index is -0.748. The highest BCUT2D eigenvalue weighted by Crippen LogP contribution is 2.34. The fourth-order valence-electron chi connectivity index (χ4n) is 2.39. The molecular weight excluding hydrogens is 330 g/mol. The van der Waals surface area contributed by atoms with Gasteiger partial charge in [0.05, 0.1) is 12.6 Å². The van der Waals surface area contributed by atoms with Gasteiger partial charge in [-0.05, 0) is 35.9 Å². The van der Waals surface area contributed by atoms with E-state index in [-0.39, 0.29) is 0 Å². The second-order valence-electron chi connectivity index (χ2n) is 4.71. The first kappa shape index (κ1) is 14.0. The lowest BCUT2D eigenvalue weighted by Crippen LogP contribution is -2.02. The van der Waals surface area contributed by atoms with Crippen LogP contribution in [0, 0.1) is 0 Å². The van der Waals surface area contributed by atoms with Gasteiger partial charge in [-0.3, -0.25) is 4.98 Å². The minimum absolute atomic E-state index is 0.714. The summed E-state index contributed by atoms with van der Waals surface area (Å²) in [5, 5.41) is 11.7. The van der Waals surface area contributed by atoms with Gasteiger partial charge in [-0.2, -0.15) is 0 Å². The number of hydrogen-bond donors (Lipinski definition) is 1. The lowest BCUT2D eigenvalue weighted by Gasteiger charge is -2.16. The van der Waals surface area contributed by atoms with Gasteiger partial charge in [-0.15, -0.1) is 0 Å². The predicted octanol–water partition coefficient (Wildman–Crippen LogP) is 4.09. The fourth-order valence-corrected chi connectivity index (χ4v) is 2.85. The summed E-state index contributed by atoms with van der Waals surface area (Å²) in [7, 11) is 1.61. The highest BCUT2D eigenvalue weighted by atomic mass is 79.9. The number of aliphatic hydroxyl groups excluding tert-OH is 1. The summed E-state index contributed by atoms with van der Waals surface area (Å²) in [4.78, 5) is 4.33. The van der Waals surface area contributed by atoms with Crippen LogP contribution in [0.1, 0.15) is 17.2 Å². The van der Waals surface area contributed by atoms with E-state index in [0.717, 1.165) is 26.5 Å². The standard InChI is InChI=1S/C17H14BrNO2/c1-21-11-7-8-15(18)14(10-11)17(20)13-4-2-6-16-12(13)5-3-9-19-16/h2-10,17,20H,1H3. The lowest BCUT2D eigenvalue weighted by atomic mass is 9.97. The maximum absolute atomic E-state index is 10.8. The Morgan fingerprint density at radius 1 is 1.10 bits per heavy atom. The molecule has 0 amide bonds. The zero-order valence-electron chi connectivity index (χ0n) is 11.5. The van der Waals surface area contributed by atoms with Crippen molar-refractivity contribution in [2.45, 2.75) is 6.10 Å². The maximum Gasteiger partial charge on any atom is 0.119 e. The Bertz CT molecular complexity index is 783. The zero-order chi connectivity index (χ0) is 14.8. The van der Waals surface area contributed by atoms with Crippen molar-refractivity contribution in [2.24, 2.45) is 0 Å². The second-order valence-corrected chi connectivity index (χ2v) is 5.56. The lowest BCUT2D eigenvalue weighted by molar-refractivity contribution is 0.220. The monoisotopic (exact) mass is 343 g/mol. The predicted molar refractivity (Wildman–Crippen MR) is 86.5 cm³/mol. The number of pyridine rings is 1. The Morgan fingerprint density at radius 2 is 1.95 bits per heavy atom. The van der Waals surface area contributed by atoms with E-state index in [1.54, 1.807) is 13.3 Å². The molecule has 0 saturated carbocycles. The Labute approximate surface area is 131 Å². The third-order valence-electron chi connectivity index (χ3n) is 3.47. The van der Waals surface area contributed by atoms with Crippen molar-refractivity contribution < 1.29 is 9.84 Å². The zero-order valence-corrected chi connectivity index (χ0v) is 13.0. The smallest absolute Gasteiger partial charge is 0.119 e. The molecule has 0 radical (unpaired) electrons. The molecule has 106 valence electrons. The number of nitrogens with zero attached hydrogens (tertiary/aromatic N) is 1. The van der Waals surface area contributed by atoms with Crippen molar-refractivity contribution in [1.82, 2.24) is 4.98 Å². The van der Waals surface area contributed by atoms with Gasteiger partial charge in [0, 0.05) is 21.6 Å². The number of methoxy groups -OCH3 is 1. The SMILES string of the molecule is COc1ccc(Br)c(C(O)c2cccc3ncccc23)c1.